The van der Waals surface area contributed by atoms with Gasteiger partial charge in [-0.25, -0.2) is 0 Å². The average molecular weight is 288 g/mol. The molecule has 1 aliphatic rings. The summed E-state index contributed by atoms with van der Waals surface area (Å²) in [5.74, 6) is -0.245. The Morgan fingerprint density at radius 1 is 1.05 bits per heavy atom. The van der Waals surface area contributed by atoms with Crippen molar-refractivity contribution >= 4 is 11.8 Å². The Balaban J connectivity index is 2.06. The van der Waals surface area contributed by atoms with E-state index in [1.165, 1.54) is 12.8 Å². The molecular formula is C17H24N2O2. The molecule has 4 heteroatoms. The highest BCUT2D eigenvalue weighted by Gasteiger charge is 2.19. The van der Waals surface area contributed by atoms with Gasteiger partial charge in [-0.1, -0.05) is 18.9 Å². The van der Waals surface area contributed by atoms with Crippen LogP contribution in [-0.4, -0.2) is 23.4 Å². The Labute approximate surface area is 126 Å². The molecule has 114 valence electrons. The molecule has 0 aromatic heterocycles. The summed E-state index contributed by atoms with van der Waals surface area (Å²) in [6.07, 6.45) is 4.46. The van der Waals surface area contributed by atoms with Crippen LogP contribution < -0.4 is 10.6 Å². The van der Waals surface area contributed by atoms with Crippen LogP contribution in [0.25, 0.3) is 0 Å². The number of carbonyl (C=O) groups is 2. The molecule has 21 heavy (non-hydrogen) atoms. The lowest BCUT2D eigenvalue weighted by molar-refractivity contribution is 0.0919. The van der Waals surface area contributed by atoms with Gasteiger partial charge in [-0.15, -0.1) is 0 Å². The minimum atomic E-state index is -0.292. The molecule has 1 aliphatic carbocycles. The van der Waals surface area contributed by atoms with Crippen molar-refractivity contribution in [3.63, 3.8) is 0 Å². The molecule has 0 spiro atoms. The molecule has 0 aliphatic heterocycles. The van der Waals surface area contributed by atoms with E-state index in [0.717, 1.165) is 12.8 Å². The van der Waals surface area contributed by atoms with Gasteiger partial charge in [0.2, 0.25) is 0 Å². The fraction of sp³-hybridized carbons (Fsp3) is 0.529. The zero-order chi connectivity index (χ0) is 15.5. The van der Waals surface area contributed by atoms with Gasteiger partial charge in [0, 0.05) is 22.7 Å². The van der Waals surface area contributed by atoms with Gasteiger partial charge in [0.05, 0.1) is 0 Å². The lowest BCUT2D eigenvalue weighted by Crippen LogP contribution is -2.40. The normalized spacial score (nSPS) is 15.8. The summed E-state index contributed by atoms with van der Waals surface area (Å²) in [5, 5.41) is 5.94. The average Bonchev–Trinajstić information content (AvgIpc) is 2.90. The van der Waals surface area contributed by atoms with E-state index < -0.39 is 0 Å². The zero-order valence-electron chi connectivity index (χ0n) is 13.0. The van der Waals surface area contributed by atoms with Gasteiger partial charge in [-0.3, -0.25) is 9.59 Å². The van der Waals surface area contributed by atoms with Crippen molar-refractivity contribution in [1.29, 1.82) is 0 Å². The highest BCUT2D eigenvalue weighted by molar-refractivity contribution is 5.99. The summed E-state index contributed by atoms with van der Waals surface area (Å²) in [7, 11) is 0. The largest absolute Gasteiger partial charge is 0.349 e. The Morgan fingerprint density at radius 3 is 2.19 bits per heavy atom. The van der Waals surface area contributed by atoms with Crippen molar-refractivity contribution in [2.45, 2.75) is 58.0 Å². The van der Waals surface area contributed by atoms with Crippen molar-refractivity contribution in [2.75, 3.05) is 0 Å². The third-order valence-corrected chi connectivity index (χ3v) is 3.57. The van der Waals surface area contributed by atoms with Crippen LogP contribution in [0.5, 0.6) is 0 Å². The van der Waals surface area contributed by atoms with Crippen LogP contribution in [0, 0.1) is 0 Å². The molecule has 1 saturated carbocycles. The Bertz CT molecular complexity index is 526. The smallest absolute Gasteiger partial charge is 0.251 e. The van der Waals surface area contributed by atoms with Crippen molar-refractivity contribution in [3.8, 4) is 0 Å². The van der Waals surface area contributed by atoms with Crippen LogP contribution in [0.3, 0.4) is 0 Å². The highest BCUT2D eigenvalue weighted by Crippen LogP contribution is 2.18. The summed E-state index contributed by atoms with van der Waals surface area (Å²) < 4.78 is 0. The predicted molar refractivity (Wildman–Crippen MR) is 83.4 cm³/mol. The van der Waals surface area contributed by atoms with Crippen LogP contribution in [0.15, 0.2) is 24.3 Å². The fourth-order valence-corrected chi connectivity index (χ4v) is 2.55. The van der Waals surface area contributed by atoms with E-state index in [1.54, 1.807) is 24.3 Å². The molecular weight excluding hydrogens is 264 g/mol. The third-order valence-electron chi connectivity index (χ3n) is 3.57. The van der Waals surface area contributed by atoms with Crippen LogP contribution in [0.4, 0.5) is 0 Å². The van der Waals surface area contributed by atoms with Crippen LogP contribution >= 0.6 is 0 Å². The number of carbonyl (C=O) groups excluding carboxylic acids is 2. The second-order valence-corrected chi connectivity index (χ2v) is 6.74. The molecule has 0 bridgehead atoms. The van der Waals surface area contributed by atoms with Crippen molar-refractivity contribution in [3.05, 3.63) is 35.4 Å². The summed E-state index contributed by atoms with van der Waals surface area (Å²) in [5.41, 5.74) is 0.770. The maximum absolute atomic E-state index is 12.2. The first-order valence-corrected chi connectivity index (χ1v) is 7.58. The first kappa shape index (κ1) is 15.5. The van der Waals surface area contributed by atoms with Gasteiger partial charge in [0.25, 0.3) is 11.8 Å². The first-order valence-electron chi connectivity index (χ1n) is 7.58. The SMILES string of the molecule is CC(C)(C)NC(=O)c1cccc(C(=O)NC2CCCC2)c1. The maximum Gasteiger partial charge on any atom is 0.251 e. The summed E-state index contributed by atoms with van der Waals surface area (Å²) in [4.78, 5) is 24.4. The van der Waals surface area contributed by atoms with E-state index in [0.29, 0.717) is 11.1 Å². The molecule has 4 nitrogen and oxygen atoms in total. The zero-order valence-corrected chi connectivity index (χ0v) is 13.0. The van der Waals surface area contributed by atoms with Crippen molar-refractivity contribution < 1.29 is 9.59 Å². The molecule has 0 heterocycles. The highest BCUT2D eigenvalue weighted by atomic mass is 16.2. The molecule has 0 radical (unpaired) electrons. The van der Waals surface area contributed by atoms with E-state index in [-0.39, 0.29) is 23.4 Å². The van der Waals surface area contributed by atoms with Gasteiger partial charge in [-0.2, -0.15) is 0 Å². The van der Waals surface area contributed by atoms with E-state index in [4.69, 9.17) is 0 Å². The molecule has 2 N–H and O–H groups in total. The maximum atomic E-state index is 12.2. The second kappa shape index (κ2) is 6.29. The Kier molecular flexibility index (Phi) is 4.66. The predicted octanol–water partition coefficient (Wildman–Crippen LogP) is 2.89. The minimum absolute atomic E-state index is 0.0905. The van der Waals surface area contributed by atoms with Crippen molar-refractivity contribution in [1.82, 2.24) is 10.6 Å². The minimum Gasteiger partial charge on any atom is -0.349 e. The summed E-state index contributed by atoms with van der Waals surface area (Å²) in [6.45, 7) is 5.80. The van der Waals surface area contributed by atoms with E-state index in [1.807, 2.05) is 20.8 Å². The first-order chi connectivity index (χ1) is 9.85. The van der Waals surface area contributed by atoms with E-state index in [2.05, 4.69) is 10.6 Å². The van der Waals surface area contributed by atoms with Gasteiger partial charge in [0.1, 0.15) is 0 Å². The number of benzene rings is 1. The van der Waals surface area contributed by atoms with Gasteiger partial charge >= 0.3 is 0 Å². The lowest BCUT2D eigenvalue weighted by atomic mass is 10.1. The fourth-order valence-electron chi connectivity index (χ4n) is 2.55. The van der Waals surface area contributed by atoms with E-state index in [9.17, 15) is 9.59 Å². The van der Waals surface area contributed by atoms with Crippen molar-refractivity contribution in [2.24, 2.45) is 0 Å². The number of rotatable bonds is 3. The molecule has 1 fully saturated rings. The number of nitrogens with one attached hydrogen (secondary N) is 2. The Morgan fingerprint density at radius 2 is 1.62 bits per heavy atom. The van der Waals surface area contributed by atoms with Gasteiger partial charge in [-0.05, 0) is 51.8 Å². The Hall–Kier alpha value is -1.84. The molecule has 2 rings (SSSR count). The number of hydrogen-bond acceptors (Lipinski definition) is 2. The molecule has 1 aromatic carbocycles. The molecule has 0 saturated heterocycles. The second-order valence-electron chi connectivity index (χ2n) is 6.74. The standard InChI is InChI=1S/C17H24N2O2/c1-17(2,3)19-16(21)13-8-6-7-12(11-13)15(20)18-14-9-4-5-10-14/h6-8,11,14H,4-5,9-10H2,1-3H3,(H,18,20)(H,19,21). The molecule has 0 atom stereocenters. The van der Waals surface area contributed by atoms with Crippen LogP contribution in [-0.2, 0) is 0 Å². The molecule has 2 amide bonds. The monoisotopic (exact) mass is 288 g/mol. The summed E-state index contributed by atoms with van der Waals surface area (Å²) in [6, 6.07) is 7.17. The van der Waals surface area contributed by atoms with Gasteiger partial charge < -0.3 is 10.6 Å². The molecule has 0 unspecified atom stereocenters. The van der Waals surface area contributed by atoms with Gasteiger partial charge in [0.15, 0.2) is 0 Å². The van der Waals surface area contributed by atoms with Crippen LogP contribution in [0.2, 0.25) is 0 Å². The lowest BCUT2D eigenvalue weighted by Gasteiger charge is -2.20. The number of hydrogen-bond donors (Lipinski definition) is 2. The third kappa shape index (κ3) is 4.59. The quantitative estimate of drug-likeness (QED) is 0.898. The van der Waals surface area contributed by atoms with E-state index >= 15 is 0 Å². The van der Waals surface area contributed by atoms with Crippen LogP contribution in [0.1, 0.15) is 67.2 Å². The summed E-state index contributed by atoms with van der Waals surface area (Å²) >= 11 is 0. The number of amides is 2. The molecule has 1 aromatic rings. The topological polar surface area (TPSA) is 58.2 Å².